The standard InChI is InChI=1S/C19H29FN2O2/c1-19(7-3-2-4-18(19)23)14-21-13-15-5-6-17(16(20)12-15)22-8-10-24-11-9-22/h5-6,12,18,21,23H,2-4,7-11,13-14H2,1H3. The first-order valence-electron chi connectivity index (χ1n) is 9.08. The zero-order valence-corrected chi connectivity index (χ0v) is 14.6. The topological polar surface area (TPSA) is 44.7 Å². The Morgan fingerprint density at radius 3 is 2.83 bits per heavy atom. The summed E-state index contributed by atoms with van der Waals surface area (Å²) in [5, 5.41) is 13.6. The Hall–Kier alpha value is -1.17. The third-order valence-electron chi connectivity index (χ3n) is 5.50. The van der Waals surface area contributed by atoms with Gasteiger partial charge in [0.25, 0.3) is 0 Å². The number of morpholine rings is 1. The Balaban J connectivity index is 1.55. The fraction of sp³-hybridized carbons (Fsp3) is 0.684. The van der Waals surface area contributed by atoms with Crippen LogP contribution in [0.3, 0.4) is 0 Å². The number of hydrogen-bond acceptors (Lipinski definition) is 4. The molecule has 134 valence electrons. The molecule has 1 aromatic rings. The van der Waals surface area contributed by atoms with Crippen molar-refractivity contribution in [3.8, 4) is 0 Å². The van der Waals surface area contributed by atoms with Crippen LogP contribution in [0.25, 0.3) is 0 Å². The quantitative estimate of drug-likeness (QED) is 0.868. The molecule has 2 atom stereocenters. The van der Waals surface area contributed by atoms with Crippen molar-refractivity contribution in [2.75, 3.05) is 37.7 Å². The monoisotopic (exact) mass is 336 g/mol. The van der Waals surface area contributed by atoms with Crippen LogP contribution in [-0.4, -0.2) is 44.1 Å². The maximum absolute atomic E-state index is 14.4. The second-order valence-corrected chi connectivity index (χ2v) is 7.40. The molecule has 2 aliphatic rings. The van der Waals surface area contributed by atoms with E-state index in [-0.39, 0.29) is 17.3 Å². The molecule has 5 heteroatoms. The van der Waals surface area contributed by atoms with Gasteiger partial charge in [-0.3, -0.25) is 0 Å². The molecule has 0 bridgehead atoms. The second-order valence-electron chi connectivity index (χ2n) is 7.40. The third-order valence-corrected chi connectivity index (χ3v) is 5.50. The SMILES string of the molecule is CC1(CNCc2ccc(N3CCOCC3)c(F)c2)CCCCC1O. The van der Waals surface area contributed by atoms with Gasteiger partial charge in [0.2, 0.25) is 0 Å². The molecule has 1 saturated carbocycles. The Labute approximate surface area is 144 Å². The highest BCUT2D eigenvalue weighted by atomic mass is 19.1. The van der Waals surface area contributed by atoms with Crippen LogP contribution in [0, 0.1) is 11.2 Å². The highest BCUT2D eigenvalue weighted by Gasteiger charge is 2.34. The van der Waals surface area contributed by atoms with Gasteiger partial charge in [-0.15, -0.1) is 0 Å². The van der Waals surface area contributed by atoms with Gasteiger partial charge in [0.05, 0.1) is 25.0 Å². The zero-order chi connectivity index (χ0) is 17.0. The van der Waals surface area contributed by atoms with Gasteiger partial charge in [0.15, 0.2) is 0 Å². The molecular weight excluding hydrogens is 307 g/mol. The Morgan fingerprint density at radius 2 is 2.12 bits per heavy atom. The van der Waals surface area contributed by atoms with Crippen LogP contribution in [0.5, 0.6) is 0 Å². The summed E-state index contributed by atoms with van der Waals surface area (Å²) in [6.45, 7) is 6.33. The Bertz CT molecular complexity index is 548. The van der Waals surface area contributed by atoms with E-state index in [1.807, 2.05) is 17.0 Å². The molecule has 0 spiro atoms. The number of nitrogens with one attached hydrogen (secondary N) is 1. The first-order chi connectivity index (χ1) is 11.6. The minimum Gasteiger partial charge on any atom is -0.393 e. The highest BCUT2D eigenvalue weighted by Crippen LogP contribution is 2.35. The van der Waals surface area contributed by atoms with Gasteiger partial charge in [0.1, 0.15) is 5.82 Å². The summed E-state index contributed by atoms with van der Waals surface area (Å²) in [5.74, 6) is -0.167. The Morgan fingerprint density at radius 1 is 1.33 bits per heavy atom. The first kappa shape index (κ1) is 17.6. The number of anilines is 1. The van der Waals surface area contributed by atoms with Crippen molar-refractivity contribution >= 4 is 5.69 Å². The largest absolute Gasteiger partial charge is 0.393 e. The molecule has 1 saturated heterocycles. The molecule has 0 aromatic heterocycles. The first-order valence-corrected chi connectivity index (χ1v) is 9.08. The number of rotatable bonds is 5. The minimum atomic E-state index is -0.237. The Kier molecular flexibility index (Phi) is 5.74. The van der Waals surface area contributed by atoms with Crippen molar-refractivity contribution in [1.29, 1.82) is 0 Å². The van der Waals surface area contributed by atoms with Crippen molar-refractivity contribution in [3.05, 3.63) is 29.6 Å². The van der Waals surface area contributed by atoms with Gasteiger partial charge < -0.3 is 20.1 Å². The highest BCUT2D eigenvalue weighted by molar-refractivity contribution is 5.49. The summed E-state index contributed by atoms with van der Waals surface area (Å²) in [5.41, 5.74) is 1.54. The van der Waals surface area contributed by atoms with Crippen LogP contribution in [0.2, 0.25) is 0 Å². The van der Waals surface area contributed by atoms with E-state index < -0.39 is 0 Å². The lowest BCUT2D eigenvalue weighted by molar-refractivity contribution is 0.00115. The molecule has 1 heterocycles. The molecule has 2 unspecified atom stereocenters. The molecule has 0 radical (unpaired) electrons. The number of ether oxygens (including phenoxy) is 1. The lowest BCUT2D eigenvalue weighted by Crippen LogP contribution is -2.43. The van der Waals surface area contributed by atoms with Crippen molar-refractivity contribution in [3.63, 3.8) is 0 Å². The summed E-state index contributed by atoms with van der Waals surface area (Å²) < 4.78 is 19.7. The van der Waals surface area contributed by atoms with Crippen molar-refractivity contribution < 1.29 is 14.2 Å². The number of benzene rings is 1. The maximum atomic E-state index is 14.4. The van der Waals surface area contributed by atoms with E-state index >= 15 is 0 Å². The summed E-state index contributed by atoms with van der Waals surface area (Å²) in [6.07, 6.45) is 3.99. The summed E-state index contributed by atoms with van der Waals surface area (Å²) in [4.78, 5) is 2.04. The summed E-state index contributed by atoms with van der Waals surface area (Å²) in [7, 11) is 0. The second kappa shape index (κ2) is 7.81. The van der Waals surface area contributed by atoms with Crippen LogP contribution in [0.4, 0.5) is 10.1 Å². The molecule has 2 fully saturated rings. The van der Waals surface area contributed by atoms with Crippen LogP contribution in [0.1, 0.15) is 38.2 Å². The van der Waals surface area contributed by atoms with Gasteiger partial charge in [-0.2, -0.15) is 0 Å². The van der Waals surface area contributed by atoms with E-state index in [4.69, 9.17) is 4.74 Å². The number of aliphatic hydroxyl groups is 1. The van der Waals surface area contributed by atoms with E-state index in [1.165, 1.54) is 6.42 Å². The fourth-order valence-corrected chi connectivity index (χ4v) is 3.80. The predicted molar refractivity (Wildman–Crippen MR) is 93.7 cm³/mol. The zero-order valence-electron chi connectivity index (χ0n) is 14.6. The molecular formula is C19H29FN2O2. The number of halogens is 1. The van der Waals surface area contributed by atoms with Crippen LogP contribution >= 0.6 is 0 Å². The maximum Gasteiger partial charge on any atom is 0.146 e. The summed E-state index contributed by atoms with van der Waals surface area (Å²) >= 11 is 0. The van der Waals surface area contributed by atoms with Crippen molar-refractivity contribution in [2.24, 2.45) is 5.41 Å². The fourth-order valence-electron chi connectivity index (χ4n) is 3.80. The number of aliphatic hydroxyl groups excluding tert-OH is 1. The minimum absolute atomic E-state index is 0.0649. The van der Waals surface area contributed by atoms with Gasteiger partial charge >= 0.3 is 0 Å². The lowest BCUT2D eigenvalue weighted by atomic mass is 9.73. The smallest absolute Gasteiger partial charge is 0.146 e. The normalized spacial score (nSPS) is 28.1. The van der Waals surface area contributed by atoms with Gasteiger partial charge in [-0.05, 0) is 30.5 Å². The molecule has 1 aliphatic heterocycles. The lowest BCUT2D eigenvalue weighted by Gasteiger charge is -2.38. The molecule has 1 aliphatic carbocycles. The van der Waals surface area contributed by atoms with E-state index in [9.17, 15) is 9.50 Å². The van der Waals surface area contributed by atoms with Crippen molar-refractivity contribution in [2.45, 2.75) is 45.3 Å². The molecule has 4 nitrogen and oxygen atoms in total. The van der Waals surface area contributed by atoms with Crippen LogP contribution in [0.15, 0.2) is 18.2 Å². The molecule has 24 heavy (non-hydrogen) atoms. The van der Waals surface area contributed by atoms with E-state index in [1.54, 1.807) is 6.07 Å². The average Bonchev–Trinajstić information content (AvgIpc) is 2.59. The van der Waals surface area contributed by atoms with E-state index in [0.29, 0.717) is 25.4 Å². The summed E-state index contributed by atoms with van der Waals surface area (Å²) in [6, 6.07) is 5.48. The van der Waals surface area contributed by atoms with Crippen molar-refractivity contribution in [1.82, 2.24) is 5.32 Å². The van der Waals surface area contributed by atoms with E-state index in [0.717, 1.165) is 44.5 Å². The molecule has 1 aromatic carbocycles. The molecule has 2 N–H and O–H groups in total. The van der Waals surface area contributed by atoms with Crippen LogP contribution in [-0.2, 0) is 11.3 Å². The predicted octanol–water partition coefficient (Wildman–Crippen LogP) is 2.69. The van der Waals surface area contributed by atoms with E-state index in [2.05, 4.69) is 12.2 Å². The number of hydrogen-bond donors (Lipinski definition) is 2. The molecule has 0 amide bonds. The van der Waals surface area contributed by atoms with Gasteiger partial charge in [0, 0.05) is 31.6 Å². The number of nitrogens with zero attached hydrogens (tertiary/aromatic N) is 1. The third kappa shape index (κ3) is 4.08. The van der Waals surface area contributed by atoms with Gasteiger partial charge in [-0.25, -0.2) is 4.39 Å². The molecule has 3 rings (SSSR count). The van der Waals surface area contributed by atoms with Gasteiger partial charge in [-0.1, -0.05) is 25.8 Å². The average molecular weight is 336 g/mol. The van der Waals surface area contributed by atoms with Crippen LogP contribution < -0.4 is 10.2 Å².